The summed E-state index contributed by atoms with van der Waals surface area (Å²) in [5.74, 6) is 1.65. The van der Waals surface area contributed by atoms with Crippen LogP contribution in [0.25, 0.3) is 0 Å². The Labute approximate surface area is 153 Å². The van der Waals surface area contributed by atoms with Crippen molar-refractivity contribution in [2.24, 2.45) is 5.92 Å². The lowest BCUT2D eigenvalue weighted by Crippen LogP contribution is -2.39. The minimum atomic E-state index is 0.0208. The predicted molar refractivity (Wildman–Crippen MR) is 101 cm³/mol. The van der Waals surface area contributed by atoms with E-state index in [0.717, 1.165) is 61.8 Å². The molecule has 4 rings (SSSR count). The molecule has 2 aliphatic heterocycles. The minimum Gasteiger partial charge on any atom is -0.508 e. The zero-order valence-corrected chi connectivity index (χ0v) is 15.2. The first-order chi connectivity index (χ1) is 12.6. The van der Waals surface area contributed by atoms with Gasteiger partial charge in [-0.1, -0.05) is 19.1 Å². The van der Waals surface area contributed by atoms with Gasteiger partial charge >= 0.3 is 0 Å². The number of phenols is 1. The Balaban J connectivity index is 1.53. The molecule has 0 radical (unpaired) electrons. The van der Waals surface area contributed by atoms with Crippen LogP contribution in [-0.4, -0.2) is 39.6 Å². The monoisotopic (exact) mass is 354 g/mol. The van der Waals surface area contributed by atoms with Crippen molar-refractivity contribution in [1.29, 1.82) is 0 Å². The van der Waals surface area contributed by atoms with Crippen molar-refractivity contribution in [3.05, 3.63) is 51.4 Å². The van der Waals surface area contributed by atoms with Gasteiger partial charge in [0, 0.05) is 38.3 Å². The standard InChI is InChI=1S/C20H26N4O2/c1-14-3-2-9-24(11-14)20-21-18-13-23(10-8-17(18)19(26)22-20)12-15-4-6-16(25)7-5-15/h4-7,14,25H,2-3,8-13H2,1H3,(H,21,22,26)/t14-/m1/s1. The van der Waals surface area contributed by atoms with Gasteiger partial charge in [-0.3, -0.25) is 14.7 Å². The number of aromatic hydroxyl groups is 1. The lowest BCUT2D eigenvalue weighted by Gasteiger charge is -2.33. The number of aromatic nitrogens is 2. The Kier molecular flexibility index (Phi) is 4.68. The molecule has 1 aromatic carbocycles. The maximum atomic E-state index is 12.5. The number of nitrogens with zero attached hydrogens (tertiary/aromatic N) is 3. The van der Waals surface area contributed by atoms with Gasteiger partial charge < -0.3 is 10.0 Å². The zero-order chi connectivity index (χ0) is 18.1. The second-order valence-electron chi connectivity index (χ2n) is 7.64. The van der Waals surface area contributed by atoms with Crippen LogP contribution in [0.15, 0.2) is 29.1 Å². The molecule has 0 amide bonds. The van der Waals surface area contributed by atoms with E-state index in [-0.39, 0.29) is 11.3 Å². The number of hydrogen-bond acceptors (Lipinski definition) is 5. The first-order valence-electron chi connectivity index (χ1n) is 9.46. The van der Waals surface area contributed by atoms with E-state index >= 15 is 0 Å². The largest absolute Gasteiger partial charge is 0.508 e. The fourth-order valence-electron chi connectivity index (χ4n) is 4.01. The highest BCUT2D eigenvalue weighted by Gasteiger charge is 2.24. The Hall–Kier alpha value is -2.34. The van der Waals surface area contributed by atoms with Crippen LogP contribution in [0, 0.1) is 5.92 Å². The Morgan fingerprint density at radius 1 is 1.27 bits per heavy atom. The number of piperidine rings is 1. The average Bonchev–Trinajstić information content (AvgIpc) is 2.63. The van der Waals surface area contributed by atoms with Gasteiger partial charge in [0.05, 0.1) is 5.69 Å². The van der Waals surface area contributed by atoms with E-state index in [1.165, 1.54) is 6.42 Å². The maximum absolute atomic E-state index is 12.5. The summed E-state index contributed by atoms with van der Waals surface area (Å²) in [7, 11) is 0. The second kappa shape index (κ2) is 7.11. The van der Waals surface area contributed by atoms with Crippen LogP contribution in [-0.2, 0) is 19.5 Å². The Bertz CT molecular complexity index is 831. The van der Waals surface area contributed by atoms with Crippen molar-refractivity contribution in [2.75, 3.05) is 24.5 Å². The van der Waals surface area contributed by atoms with E-state index in [2.05, 4.69) is 21.7 Å². The van der Waals surface area contributed by atoms with E-state index in [4.69, 9.17) is 4.98 Å². The van der Waals surface area contributed by atoms with E-state index in [1.54, 1.807) is 12.1 Å². The molecule has 2 aromatic rings. The van der Waals surface area contributed by atoms with E-state index < -0.39 is 0 Å². The van der Waals surface area contributed by atoms with Crippen molar-refractivity contribution in [3.63, 3.8) is 0 Å². The highest BCUT2D eigenvalue weighted by Crippen LogP contribution is 2.22. The smallest absolute Gasteiger partial charge is 0.255 e. The van der Waals surface area contributed by atoms with Gasteiger partial charge in [0.2, 0.25) is 5.95 Å². The van der Waals surface area contributed by atoms with Crippen molar-refractivity contribution in [3.8, 4) is 5.75 Å². The quantitative estimate of drug-likeness (QED) is 0.885. The number of rotatable bonds is 3. The second-order valence-corrected chi connectivity index (χ2v) is 7.64. The van der Waals surface area contributed by atoms with Gasteiger partial charge in [0.25, 0.3) is 5.56 Å². The molecule has 0 bridgehead atoms. The van der Waals surface area contributed by atoms with Crippen LogP contribution in [0.3, 0.4) is 0 Å². The summed E-state index contributed by atoms with van der Waals surface area (Å²) < 4.78 is 0. The van der Waals surface area contributed by atoms with Gasteiger partial charge in [0.15, 0.2) is 0 Å². The fourth-order valence-corrected chi connectivity index (χ4v) is 4.01. The molecule has 2 aliphatic rings. The molecule has 0 saturated carbocycles. The summed E-state index contributed by atoms with van der Waals surface area (Å²) in [6.07, 6.45) is 3.12. The van der Waals surface area contributed by atoms with Gasteiger partial charge in [-0.25, -0.2) is 4.98 Å². The number of phenolic OH excluding ortho intramolecular Hbond substituents is 1. The predicted octanol–water partition coefficient (Wildman–Crippen LogP) is 2.27. The van der Waals surface area contributed by atoms with Crippen LogP contribution in [0.2, 0.25) is 0 Å². The molecule has 0 unspecified atom stereocenters. The highest BCUT2D eigenvalue weighted by atomic mass is 16.3. The van der Waals surface area contributed by atoms with Gasteiger partial charge in [-0.05, 0) is 42.9 Å². The van der Waals surface area contributed by atoms with Crippen LogP contribution >= 0.6 is 0 Å². The minimum absolute atomic E-state index is 0.0208. The van der Waals surface area contributed by atoms with Crippen molar-refractivity contribution >= 4 is 5.95 Å². The number of anilines is 1. The molecule has 1 fully saturated rings. The third kappa shape index (κ3) is 3.60. The number of fused-ring (bicyclic) bond motifs is 1. The van der Waals surface area contributed by atoms with Crippen LogP contribution in [0.4, 0.5) is 5.95 Å². The van der Waals surface area contributed by atoms with E-state index in [1.807, 2.05) is 12.1 Å². The third-order valence-corrected chi connectivity index (χ3v) is 5.44. The first kappa shape index (κ1) is 17.1. The van der Waals surface area contributed by atoms with Gasteiger partial charge in [0.1, 0.15) is 5.75 Å². The molecule has 26 heavy (non-hydrogen) atoms. The Morgan fingerprint density at radius 3 is 2.85 bits per heavy atom. The lowest BCUT2D eigenvalue weighted by molar-refractivity contribution is 0.240. The Morgan fingerprint density at radius 2 is 2.08 bits per heavy atom. The van der Waals surface area contributed by atoms with E-state index in [9.17, 15) is 9.90 Å². The number of nitrogens with one attached hydrogen (secondary N) is 1. The number of H-pyrrole nitrogens is 1. The first-order valence-corrected chi connectivity index (χ1v) is 9.46. The fraction of sp³-hybridized carbons (Fsp3) is 0.500. The molecule has 0 spiro atoms. The average molecular weight is 354 g/mol. The van der Waals surface area contributed by atoms with Crippen LogP contribution < -0.4 is 10.5 Å². The van der Waals surface area contributed by atoms with Crippen LogP contribution in [0.5, 0.6) is 5.75 Å². The summed E-state index contributed by atoms with van der Waals surface area (Å²) >= 11 is 0. The molecule has 2 N–H and O–H groups in total. The summed E-state index contributed by atoms with van der Waals surface area (Å²) in [6.45, 7) is 6.50. The van der Waals surface area contributed by atoms with Crippen molar-refractivity contribution < 1.29 is 5.11 Å². The highest BCUT2D eigenvalue weighted by molar-refractivity contribution is 5.35. The van der Waals surface area contributed by atoms with Gasteiger partial charge in [-0.2, -0.15) is 0 Å². The summed E-state index contributed by atoms with van der Waals surface area (Å²) in [4.78, 5) is 24.9. The lowest BCUT2D eigenvalue weighted by atomic mass is 10.0. The molecule has 138 valence electrons. The molecular weight excluding hydrogens is 328 g/mol. The van der Waals surface area contributed by atoms with Gasteiger partial charge in [-0.15, -0.1) is 0 Å². The molecule has 6 heteroatoms. The van der Waals surface area contributed by atoms with E-state index in [0.29, 0.717) is 12.5 Å². The zero-order valence-electron chi connectivity index (χ0n) is 15.2. The molecule has 6 nitrogen and oxygen atoms in total. The molecule has 3 heterocycles. The molecule has 1 saturated heterocycles. The number of aromatic amines is 1. The third-order valence-electron chi connectivity index (χ3n) is 5.44. The molecule has 1 aromatic heterocycles. The molecule has 1 atom stereocenters. The molecule has 0 aliphatic carbocycles. The number of benzene rings is 1. The maximum Gasteiger partial charge on any atom is 0.255 e. The SMILES string of the molecule is C[C@@H]1CCCN(c2nc3c(c(=O)[nH]2)CCN(Cc2ccc(O)cc2)C3)C1. The summed E-state index contributed by atoms with van der Waals surface area (Å²) in [6, 6.07) is 7.31. The van der Waals surface area contributed by atoms with Crippen molar-refractivity contribution in [2.45, 2.75) is 39.3 Å². The summed E-state index contributed by atoms with van der Waals surface area (Å²) in [5, 5.41) is 9.43. The van der Waals surface area contributed by atoms with Crippen LogP contribution in [0.1, 0.15) is 36.6 Å². The molecular formula is C20H26N4O2. The topological polar surface area (TPSA) is 72.5 Å². The summed E-state index contributed by atoms with van der Waals surface area (Å²) in [5.41, 5.74) is 2.92. The van der Waals surface area contributed by atoms with Crippen molar-refractivity contribution in [1.82, 2.24) is 14.9 Å². The number of hydrogen-bond donors (Lipinski definition) is 2. The normalized spacial score (nSPS) is 20.8.